The van der Waals surface area contributed by atoms with Crippen LogP contribution in [0.25, 0.3) is 21.5 Å². The molecular formula is C27H21N. The van der Waals surface area contributed by atoms with E-state index >= 15 is 0 Å². The van der Waals surface area contributed by atoms with Crippen molar-refractivity contribution in [2.45, 2.75) is 6.92 Å². The van der Waals surface area contributed by atoms with E-state index in [1.54, 1.807) is 0 Å². The molecule has 0 N–H and O–H groups in total. The molecule has 0 heterocycles. The molecule has 5 rings (SSSR count). The Bertz CT molecular complexity index is 1270. The third-order valence-electron chi connectivity index (χ3n) is 5.38. The maximum absolute atomic E-state index is 2.38. The van der Waals surface area contributed by atoms with Gasteiger partial charge in [-0.2, -0.15) is 0 Å². The van der Waals surface area contributed by atoms with Gasteiger partial charge >= 0.3 is 0 Å². The molecule has 0 saturated heterocycles. The second-order valence-electron chi connectivity index (χ2n) is 7.12. The smallest absolute Gasteiger partial charge is 0.0540 e. The Hall–Kier alpha value is -3.58. The molecule has 1 nitrogen and oxygen atoms in total. The first kappa shape index (κ1) is 16.6. The van der Waals surface area contributed by atoms with Crippen LogP contribution in [0.4, 0.5) is 17.1 Å². The monoisotopic (exact) mass is 359 g/mol. The summed E-state index contributed by atoms with van der Waals surface area (Å²) < 4.78 is 0. The van der Waals surface area contributed by atoms with Gasteiger partial charge in [-0.25, -0.2) is 0 Å². The predicted molar refractivity (Wildman–Crippen MR) is 121 cm³/mol. The molecule has 0 atom stereocenters. The van der Waals surface area contributed by atoms with E-state index in [0.717, 1.165) is 5.69 Å². The Morgan fingerprint density at radius 1 is 0.464 bits per heavy atom. The lowest BCUT2D eigenvalue weighted by Crippen LogP contribution is -2.11. The Morgan fingerprint density at radius 2 is 1.07 bits per heavy atom. The molecule has 1 heteroatoms. The third kappa shape index (κ3) is 2.73. The molecule has 0 saturated carbocycles. The highest BCUT2D eigenvalue weighted by atomic mass is 15.1. The van der Waals surface area contributed by atoms with Crippen molar-refractivity contribution in [1.29, 1.82) is 0 Å². The molecule has 134 valence electrons. The van der Waals surface area contributed by atoms with Crippen LogP contribution >= 0.6 is 0 Å². The minimum atomic E-state index is 1.16. The molecule has 0 amide bonds. The van der Waals surface area contributed by atoms with E-state index in [-0.39, 0.29) is 0 Å². The summed E-state index contributed by atoms with van der Waals surface area (Å²) in [5.74, 6) is 0. The van der Waals surface area contributed by atoms with Crippen LogP contribution in [0.5, 0.6) is 0 Å². The van der Waals surface area contributed by atoms with Gasteiger partial charge in [0.1, 0.15) is 0 Å². The third-order valence-corrected chi connectivity index (χ3v) is 5.38. The number of para-hydroxylation sites is 1. The summed E-state index contributed by atoms with van der Waals surface area (Å²) >= 11 is 0. The van der Waals surface area contributed by atoms with Crippen LogP contribution in [0.1, 0.15) is 5.56 Å². The van der Waals surface area contributed by atoms with Crippen molar-refractivity contribution in [1.82, 2.24) is 0 Å². The van der Waals surface area contributed by atoms with Crippen LogP contribution in [0.15, 0.2) is 109 Å². The largest absolute Gasteiger partial charge is 0.309 e. The lowest BCUT2D eigenvalue weighted by molar-refractivity contribution is 1.31. The molecule has 0 unspecified atom stereocenters. The summed E-state index contributed by atoms with van der Waals surface area (Å²) in [4.78, 5) is 2.38. The average molecular weight is 359 g/mol. The zero-order valence-corrected chi connectivity index (χ0v) is 15.8. The molecule has 28 heavy (non-hydrogen) atoms. The Balaban J connectivity index is 1.86. The number of hydrogen-bond acceptors (Lipinski definition) is 1. The maximum Gasteiger partial charge on any atom is 0.0540 e. The van der Waals surface area contributed by atoms with Crippen molar-refractivity contribution < 1.29 is 0 Å². The SMILES string of the molecule is Cc1ccc(N(c2ccccc2)c2cccc3ccccc23)c2ccccc12. The van der Waals surface area contributed by atoms with E-state index in [9.17, 15) is 0 Å². The zero-order chi connectivity index (χ0) is 18.9. The fourth-order valence-corrected chi connectivity index (χ4v) is 4.02. The van der Waals surface area contributed by atoms with Crippen LogP contribution in [-0.2, 0) is 0 Å². The zero-order valence-electron chi connectivity index (χ0n) is 15.8. The van der Waals surface area contributed by atoms with Crippen molar-refractivity contribution in [3.8, 4) is 0 Å². The quantitative estimate of drug-likeness (QED) is 0.318. The summed E-state index contributed by atoms with van der Waals surface area (Å²) in [5.41, 5.74) is 4.85. The second kappa shape index (κ2) is 6.86. The van der Waals surface area contributed by atoms with E-state index in [1.807, 2.05) is 0 Å². The van der Waals surface area contributed by atoms with Gasteiger partial charge in [0.25, 0.3) is 0 Å². The van der Waals surface area contributed by atoms with Crippen molar-refractivity contribution in [3.05, 3.63) is 115 Å². The first-order chi connectivity index (χ1) is 13.8. The van der Waals surface area contributed by atoms with Gasteiger partial charge in [0.15, 0.2) is 0 Å². The predicted octanol–water partition coefficient (Wildman–Crippen LogP) is 7.77. The van der Waals surface area contributed by atoms with Crippen LogP contribution in [0.3, 0.4) is 0 Å². The molecule has 0 fully saturated rings. The summed E-state index contributed by atoms with van der Waals surface area (Å²) in [6.07, 6.45) is 0. The van der Waals surface area contributed by atoms with E-state index in [4.69, 9.17) is 0 Å². The molecule has 0 aromatic heterocycles. The number of hydrogen-bond donors (Lipinski definition) is 0. The highest BCUT2D eigenvalue weighted by Gasteiger charge is 2.17. The summed E-state index contributed by atoms with van der Waals surface area (Å²) in [6, 6.07) is 38.9. The van der Waals surface area contributed by atoms with E-state index in [1.165, 1.54) is 38.5 Å². The number of nitrogens with zero attached hydrogens (tertiary/aromatic N) is 1. The van der Waals surface area contributed by atoms with Gasteiger partial charge in [-0.3, -0.25) is 0 Å². The number of benzene rings is 5. The topological polar surface area (TPSA) is 3.24 Å². The molecule has 5 aromatic rings. The van der Waals surface area contributed by atoms with Gasteiger partial charge in [-0.1, -0.05) is 84.9 Å². The fraction of sp³-hybridized carbons (Fsp3) is 0.0370. The normalized spacial score (nSPS) is 11.0. The lowest BCUT2D eigenvalue weighted by atomic mass is 10.0. The van der Waals surface area contributed by atoms with Crippen LogP contribution in [-0.4, -0.2) is 0 Å². The van der Waals surface area contributed by atoms with Crippen LogP contribution < -0.4 is 4.90 Å². The average Bonchev–Trinajstić information content (AvgIpc) is 2.77. The first-order valence-corrected chi connectivity index (χ1v) is 9.64. The van der Waals surface area contributed by atoms with Gasteiger partial charge in [-0.15, -0.1) is 0 Å². The summed E-state index contributed by atoms with van der Waals surface area (Å²) in [5, 5.41) is 5.05. The van der Waals surface area contributed by atoms with Crippen LogP contribution in [0, 0.1) is 6.92 Å². The van der Waals surface area contributed by atoms with Gasteiger partial charge in [-0.05, 0) is 47.5 Å². The molecule has 0 aliphatic rings. The Kier molecular flexibility index (Phi) is 4.06. The van der Waals surface area contributed by atoms with Crippen molar-refractivity contribution in [3.63, 3.8) is 0 Å². The first-order valence-electron chi connectivity index (χ1n) is 9.64. The Labute approximate surface area is 165 Å². The molecular weight excluding hydrogens is 338 g/mol. The van der Waals surface area contributed by atoms with Crippen LogP contribution in [0.2, 0.25) is 0 Å². The van der Waals surface area contributed by atoms with Crippen molar-refractivity contribution in [2.75, 3.05) is 4.90 Å². The highest BCUT2D eigenvalue weighted by Crippen LogP contribution is 2.42. The Morgan fingerprint density at radius 3 is 1.89 bits per heavy atom. The van der Waals surface area contributed by atoms with Gasteiger partial charge < -0.3 is 4.90 Å². The molecule has 0 bridgehead atoms. The summed E-state index contributed by atoms with van der Waals surface area (Å²) in [7, 11) is 0. The minimum Gasteiger partial charge on any atom is -0.309 e. The van der Waals surface area contributed by atoms with Gasteiger partial charge in [0, 0.05) is 16.5 Å². The van der Waals surface area contributed by atoms with E-state index in [0.29, 0.717) is 0 Å². The molecule has 0 radical (unpaired) electrons. The minimum absolute atomic E-state index is 1.16. The number of fused-ring (bicyclic) bond motifs is 2. The maximum atomic E-state index is 2.38. The van der Waals surface area contributed by atoms with Crippen molar-refractivity contribution in [2.24, 2.45) is 0 Å². The molecule has 0 aliphatic carbocycles. The van der Waals surface area contributed by atoms with Gasteiger partial charge in [0.2, 0.25) is 0 Å². The fourth-order valence-electron chi connectivity index (χ4n) is 4.02. The molecule has 0 spiro atoms. The van der Waals surface area contributed by atoms with Gasteiger partial charge in [0.05, 0.1) is 11.4 Å². The number of anilines is 3. The lowest BCUT2D eigenvalue weighted by Gasteiger charge is -2.28. The number of aryl methyl sites for hydroxylation is 1. The standard InChI is InChI=1S/C27H21N/c1-20-18-19-27(25-16-8-7-14-23(20)25)28(22-12-3-2-4-13-22)26-17-9-11-21-10-5-6-15-24(21)26/h2-19H,1H3. The highest BCUT2D eigenvalue weighted by molar-refractivity contribution is 6.05. The van der Waals surface area contributed by atoms with E-state index in [2.05, 4.69) is 121 Å². The van der Waals surface area contributed by atoms with Crippen molar-refractivity contribution >= 4 is 38.6 Å². The summed E-state index contributed by atoms with van der Waals surface area (Å²) in [6.45, 7) is 2.18. The molecule has 5 aromatic carbocycles. The second-order valence-corrected chi connectivity index (χ2v) is 7.12. The molecule has 0 aliphatic heterocycles. The number of rotatable bonds is 3. The van der Waals surface area contributed by atoms with E-state index < -0.39 is 0 Å².